The number of rotatable bonds is 3. The second kappa shape index (κ2) is 4.00. The predicted molar refractivity (Wildman–Crippen MR) is 57.1 cm³/mol. The lowest BCUT2D eigenvalue weighted by Gasteiger charge is -2.10. The molecule has 4 heteroatoms. The summed E-state index contributed by atoms with van der Waals surface area (Å²) in [5.41, 5.74) is 7.00. The van der Waals surface area contributed by atoms with Crippen LogP contribution in [0.1, 0.15) is 11.5 Å². The van der Waals surface area contributed by atoms with Gasteiger partial charge in [0.2, 0.25) is 0 Å². The second-order valence-electron chi connectivity index (χ2n) is 3.52. The highest BCUT2D eigenvalue weighted by Gasteiger charge is 2.15. The number of fused-ring (bicyclic) bond motifs is 1. The Labute approximate surface area is 86.7 Å². The predicted octanol–water partition coefficient (Wildman–Crippen LogP) is 1.34. The van der Waals surface area contributed by atoms with Gasteiger partial charge in [0.1, 0.15) is 5.82 Å². The van der Waals surface area contributed by atoms with E-state index in [-0.39, 0.29) is 18.3 Å². The standard InChI is InChI=1S/C11H13FN2O/c12-9-2-1-3-10-11(9)8(5-14-10)7(4-13)6-15/h1-3,5,7,14-15H,4,6,13H2. The van der Waals surface area contributed by atoms with E-state index < -0.39 is 0 Å². The Balaban J connectivity index is 2.61. The molecule has 15 heavy (non-hydrogen) atoms. The minimum atomic E-state index is -0.282. The summed E-state index contributed by atoms with van der Waals surface area (Å²) in [6.07, 6.45) is 1.71. The lowest BCUT2D eigenvalue weighted by atomic mass is 9.99. The van der Waals surface area contributed by atoms with Gasteiger partial charge in [-0.05, 0) is 17.7 Å². The number of nitrogens with one attached hydrogen (secondary N) is 1. The zero-order valence-electron chi connectivity index (χ0n) is 8.20. The monoisotopic (exact) mass is 208 g/mol. The lowest BCUT2D eigenvalue weighted by molar-refractivity contribution is 0.268. The van der Waals surface area contributed by atoms with Crippen LogP contribution < -0.4 is 5.73 Å². The molecule has 0 aliphatic heterocycles. The quantitative estimate of drug-likeness (QED) is 0.712. The highest BCUT2D eigenvalue weighted by molar-refractivity contribution is 5.84. The van der Waals surface area contributed by atoms with Crippen molar-refractivity contribution in [3.63, 3.8) is 0 Å². The number of aliphatic hydroxyl groups excluding tert-OH is 1. The third kappa shape index (κ3) is 1.62. The SMILES string of the molecule is NCC(CO)c1c[nH]c2cccc(F)c12. The van der Waals surface area contributed by atoms with Crippen LogP contribution in [0.15, 0.2) is 24.4 Å². The van der Waals surface area contributed by atoms with Gasteiger partial charge in [0.05, 0.1) is 6.61 Å². The molecule has 1 aromatic heterocycles. The Hall–Kier alpha value is -1.39. The molecule has 0 aliphatic rings. The van der Waals surface area contributed by atoms with Crippen LogP contribution in [0.2, 0.25) is 0 Å². The Morgan fingerprint density at radius 1 is 1.47 bits per heavy atom. The summed E-state index contributed by atoms with van der Waals surface area (Å²) in [7, 11) is 0. The van der Waals surface area contributed by atoms with Crippen molar-refractivity contribution in [2.24, 2.45) is 5.73 Å². The summed E-state index contributed by atoms with van der Waals surface area (Å²) in [6.45, 7) is 0.232. The van der Waals surface area contributed by atoms with Crippen LogP contribution in [-0.2, 0) is 0 Å². The number of H-pyrrole nitrogens is 1. The molecule has 4 N–H and O–H groups in total. The first kappa shape index (κ1) is 10.1. The third-order valence-electron chi connectivity index (χ3n) is 2.63. The molecule has 1 unspecified atom stereocenters. The first-order chi connectivity index (χ1) is 7.27. The summed E-state index contributed by atoms with van der Waals surface area (Å²) in [4.78, 5) is 2.97. The Morgan fingerprint density at radius 3 is 2.93 bits per heavy atom. The number of hydrogen-bond donors (Lipinski definition) is 3. The first-order valence-electron chi connectivity index (χ1n) is 4.84. The van der Waals surface area contributed by atoms with Gasteiger partial charge in [-0.25, -0.2) is 4.39 Å². The van der Waals surface area contributed by atoms with Crippen LogP contribution >= 0.6 is 0 Å². The molecule has 80 valence electrons. The molecule has 2 rings (SSSR count). The van der Waals surface area contributed by atoms with Crippen LogP contribution in [-0.4, -0.2) is 23.2 Å². The minimum absolute atomic E-state index is 0.0716. The first-order valence-corrected chi connectivity index (χ1v) is 4.84. The van der Waals surface area contributed by atoms with Gasteiger partial charge in [-0.1, -0.05) is 6.07 Å². The molecule has 0 saturated heterocycles. The van der Waals surface area contributed by atoms with Gasteiger partial charge < -0.3 is 15.8 Å². The van der Waals surface area contributed by atoms with Crippen molar-refractivity contribution in [2.45, 2.75) is 5.92 Å². The molecule has 1 aromatic carbocycles. The van der Waals surface area contributed by atoms with Crippen molar-refractivity contribution < 1.29 is 9.50 Å². The average Bonchev–Trinajstić information content (AvgIpc) is 2.66. The minimum Gasteiger partial charge on any atom is -0.396 e. The Kier molecular flexibility index (Phi) is 2.70. The molecule has 2 aromatic rings. The summed E-state index contributed by atoms with van der Waals surface area (Å²) >= 11 is 0. The van der Waals surface area contributed by atoms with E-state index in [0.717, 1.165) is 11.1 Å². The van der Waals surface area contributed by atoms with E-state index in [2.05, 4.69) is 4.98 Å². The third-order valence-corrected chi connectivity index (χ3v) is 2.63. The molecular formula is C11H13FN2O. The van der Waals surface area contributed by atoms with Gasteiger partial charge in [-0.15, -0.1) is 0 Å². The second-order valence-corrected chi connectivity index (χ2v) is 3.52. The van der Waals surface area contributed by atoms with Crippen LogP contribution in [0, 0.1) is 5.82 Å². The average molecular weight is 208 g/mol. The normalized spacial score (nSPS) is 13.3. The van der Waals surface area contributed by atoms with Gasteiger partial charge in [-0.3, -0.25) is 0 Å². The lowest BCUT2D eigenvalue weighted by Crippen LogP contribution is -2.15. The van der Waals surface area contributed by atoms with Gasteiger partial charge >= 0.3 is 0 Å². The topological polar surface area (TPSA) is 62.0 Å². The van der Waals surface area contributed by atoms with Gasteiger partial charge in [-0.2, -0.15) is 0 Å². The van der Waals surface area contributed by atoms with Crippen molar-refractivity contribution in [3.8, 4) is 0 Å². The van der Waals surface area contributed by atoms with Crippen molar-refractivity contribution in [2.75, 3.05) is 13.2 Å². The zero-order valence-corrected chi connectivity index (χ0v) is 8.20. The largest absolute Gasteiger partial charge is 0.396 e. The van der Waals surface area contributed by atoms with E-state index in [0.29, 0.717) is 11.9 Å². The van der Waals surface area contributed by atoms with Crippen molar-refractivity contribution in [1.82, 2.24) is 4.98 Å². The highest BCUT2D eigenvalue weighted by Crippen LogP contribution is 2.27. The molecule has 0 spiro atoms. The zero-order chi connectivity index (χ0) is 10.8. The van der Waals surface area contributed by atoms with Crippen LogP contribution in [0.5, 0.6) is 0 Å². The Morgan fingerprint density at radius 2 is 2.27 bits per heavy atom. The van der Waals surface area contributed by atoms with Crippen molar-refractivity contribution in [1.29, 1.82) is 0 Å². The fourth-order valence-electron chi connectivity index (χ4n) is 1.79. The van der Waals surface area contributed by atoms with E-state index in [1.807, 2.05) is 0 Å². The van der Waals surface area contributed by atoms with Crippen LogP contribution in [0.3, 0.4) is 0 Å². The molecule has 0 fully saturated rings. The smallest absolute Gasteiger partial charge is 0.132 e. The number of aromatic amines is 1. The van der Waals surface area contributed by atoms with Gasteiger partial charge in [0, 0.05) is 29.6 Å². The maximum atomic E-state index is 13.6. The molecule has 0 saturated carbocycles. The van der Waals surface area contributed by atoms with E-state index in [1.54, 1.807) is 18.3 Å². The summed E-state index contributed by atoms with van der Waals surface area (Å²) in [5.74, 6) is -0.494. The summed E-state index contributed by atoms with van der Waals surface area (Å²) in [6, 6.07) is 4.85. The van der Waals surface area contributed by atoms with Crippen LogP contribution in [0.25, 0.3) is 10.9 Å². The molecule has 0 bridgehead atoms. The van der Waals surface area contributed by atoms with Gasteiger partial charge in [0.25, 0.3) is 0 Å². The van der Waals surface area contributed by atoms with E-state index in [4.69, 9.17) is 10.8 Å². The van der Waals surface area contributed by atoms with E-state index >= 15 is 0 Å². The Bertz CT molecular complexity index is 463. The van der Waals surface area contributed by atoms with Crippen LogP contribution in [0.4, 0.5) is 4.39 Å². The van der Waals surface area contributed by atoms with Gasteiger partial charge in [0.15, 0.2) is 0 Å². The maximum absolute atomic E-state index is 13.6. The molecule has 1 heterocycles. The van der Waals surface area contributed by atoms with E-state index in [9.17, 15) is 4.39 Å². The summed E-state index contributed by atoms with van der Waals surface area (Å²) < 4.78 is 13.6. The number of aromatic nitrogens is 1. The molecule has 0 amide bonds. The number of aliphatic hydroxyl groups is 1. The molecule has 0 radical (unpaired) electrons. The van der Waals surface area contributed by atoms with Crippen molar-refractivity contribution >= 4 is 10.9 Å². The van der Waals surface area contributed by atoms with E-state index in [1.165, 1.54) is 6.07 Å². The fraction of sp³-hybridized carbons (Fsp3) is 0.273. The number of hydrogen-bond acceptors (Lipinski definition) is 2. The number of benzene rings is 1. The highest BCUT2D eigenvalue weighted by atomic mass is 19.1. The van der Waals surface area contributed by atoms with Crippen molar-refractivity contribution in [3.05, 3.63) is 35.8 Å². The number of nitrogens with two attached hydrogens (primary N) is 1. The molecule has 3 nitrogen and oxygen atoms in total. The molecule has 0 aliphatic carbocycles. The maximum Gasteiger partial charge on any atom is 0.132 e. The summed E-state index contributed by atoms with van der Waals surface area (Å²) in [5, 5.41) is 9.66. The fourth-order valence-corrected chi connectivity index (χ4v) is 1.79. The molecular weight excluding hydrogens is 195 g/mol. The number of halogens is 1. The molecule has 1 atom stereocenters.